The van der Waals surface area contributed by atoms with Crippen LogP contribution in [0, 0.1) is 0 Å². The number of hydrogen-bond donors (Lipinski definition) is 0. The van der Waals surface area contributed by atoms with Crippen LogP contribution in [0.5, 0.6) is 0 Å². The Morgan fingerprint density at radius 3 is 2.05 bits per heavy atom. The number of aromatic nitrogens is 1. The molecule has 2 aromatic carbocycles. The summed E-state index contributed by atoms with van der Waals surface area (Å²) < 4.78 is 50.7. The van der Waals surface area contributed by atoms with E-state index in [0.29, 0.717) is 10.9 Å². The van der Waals surface area contributed by atoms with Crippen molar-refractivity contribution in [3.8, 4) is 0 Å². The molecule has 22 heavy (non-hydrogen) atoms. The highest BCUT2D eigenvalue weighted by atomic mass is 32.2. The largest absolute Gasteiger partial charge is 0.269 e. The van der Waals surface area contributed by atoms with E-state index in [1.54, 1.807) is 42.5 Å². The molecule has 0 aliphatic carbocycles. The number of para-hydroxylation sites is 1. The van der Waals surface area contributed by atoms with Gasteiger partial charge in [-0.1, -0.05) is 36.4 Å². The van der Waals surface area contributed by atoms with Crippen molar-refractivity contribution in [1.82, 2.24) is 3.97 Å². The maximum Gasteiger partial charge on any atom is 0.269 e. The van der Waals surface area contributed by atoms with Crippen molar-refractivity contribution in [2.75, 3.05) is 6.26 Å². The molecule has 0 spiro atoms. The van der Waals surface area contributed by atoms with Crippen LogP contribution in [0.1, 0.15) is 0 Å². The van der Waals surface area contributed by atoms with Crippen molar-refractivity contribution >= 4 is 30.8 Å². The lowest BCUT2D eigenvalue weighted by atomic mass is 10.3. The second kappa shape index (κ2) is 4.96. The van der Waals surface area contributed by atoms with E-state index < -0.39 is 19.9 Å². The van der Waals surface area contributed by atoms with Gasteiger partial charge in [-0.05, 0) is 24.3 Å². The fourth-order valence-corrected chi connectivity index (χ4v) is 5.18. The highest BCUT2D eigenvalue weighted by Gasteiger charge is 2.27. The minimum atomic E-state index is -4.00. The SMILES string of the molecule is CS(=O)(=O)c1cc2ccccc2n1S(=O)(=O)c1ccccc1. The van der Waals surface area contributed by atoms with Crippen molar-refractivity contribution in [2.24, 2.45) is 0 Å². The Bertz CT molecular complexity index is 1050. The average Bonchev–Trinajstić information content (AvgIpc) is 2.88. The first-order valence-electron chi connectivity index (χ1n) is 6.43. The average molecular weight is 335 g/mol. The summed E-state index contributed by atoms with van der Waals surface area (Å²) in [7, 11) is -7.70. The first-order chi connectivity index (χ1) is 10.3. The maximum atomic E-state index is 12.9. The highest BCUT2D eigenvalue weighted by molar-refractivity contribution is 7.93. The second-order valence-corrected chi connectivity index (χ2v) is 8.65. The van der Waals surface area contributed by atoms with Crippen molar-refractivity contribution in [1.29, 1.82) is 0 Å². The molecule has 7 heteroatoms. The number of benzene rings is 2. The van der Waals surface area contributed by atoms with E-state index in [4.69, 9.17) is 0 Å². The first kappa shape index (κ1) is 14.8. The number of hydrogen-bond acceptors (Lipinski definition) is 4. The smallest absolute Gasteiger partial charge is 0.223 e. The minimum absolute atomic E-state index is 0.0428. The van der Waals surface area contributed by atoms with Crippen LogP contribution in [0.25, 0.3) is 10.9 Å². The van der Waals surface area contributed by atoms with Gasteiger partial charge in [0.2, 0.25) is 0 Å². The quantitative estimate of drug-likeness (QED) is 0.736. The first-order valence-corrected chi connectivity index (χ1v) is 9.76. The van der Waals surface area contributed by atoms with Crippen LogP contribution >= 0.6 is 0 Å². The number of nitrogens with zero attached hydrogens (tertiary/aromatic N) is 1. The molecule has 0 amide bonds. The zero-order valence-corrected chi connectivity index (χ0v) is 13.3. The summed E-state index contributed by atoms with van der Waals surface area (Å²) in [6.07, 6.45) is 0.998. The molecule has 1 aromatic heterocycles. The number of sulfone groups is 1. The molecule has 0 radical (unpaired) electrons. The van der Waals surface area contributed by atoms with E-state index in [1.165, 1.54) is 18.2 Å². The van der Waals surface area contributed by atoms with Gasteiger partial charge in [0.25, 0.3) is 10.0 Å². The van der Waals surface area contributed by atoms with Crippen LogP contribution in [0.15, 0.2) is 70.6 Å². The van der Waals surface area contributed by atoms with E-state index in [-0.39, 0.29) is 9.92 Å². The molecule has 5 nitrogen and oxygen atoms in total. The lowest BCUT2D eigenvalue weighted by Crippen LogP contribution is -2.17. The van der Waals surface area contributed by atoms with Crippen LogP contribution in [-0.2, 0) is 19.9 Å². The summed E-state index contributed by atoms with van der Waals surface area (Å²) in [6.45, 7) is 0. The van der Waals surface area contributed by atoms with Gasteiger partial charge in [0.15, 0.2) is 9.84 Å². The summed E-state index contributed by atoms with van der Waals surface area (Å²) in [5.74, 6) is 0. The Labute approximate surface area is 128 Å². The van der Waals surface area contributed by atoms with Gasteiger partial charge in [-0.2, -0.15) is 0 Å². The van der Waals surface area contributed by atoms with Crippen molar-refractivity contribution in [3.05, 3.63) is 60.7 Å². The standard InChI is InChI=1S/C15H13NO4S2/c1-21(17,18)15-11-12-7-5-6-10-14(12)16(15)22(19,20)13-8-3-2-4-9-13/h2-11H,1H3. The molecule has 0 unspecified atom stereocenters. The van der Waals surface area contributed by atoms with Gasteiger partial charge >= 0.3 is 0 Å². The minimum Gasteiger partial charge on any atom is -0.223 e. The van der Waals surface area contributed by atoms with Crippen LogP contribution in [0.3, 0.4) is 0 Å². The maximum absolute atomic E-state index is 12.9. The zero-order valence-electron chi connectivity index (χ0n) is 11.7. The van der Waals surface area contributed by atoms with E-state index in [0.717, 1.165) is 10.2 Å². The molecule has 1 heterocycles. The molecule has 3 aromatic rings. The van der Waals surface area contributed by atoms with Gasteiger partial charge < -0.3 is 0 Å². The predicted octanol–water partition coefficient (Wildman–Crippen LogP) is 2.28. The molecule has 0 bridgehead atoms. The van der Waals surface area contributed by atoms with Gasteiger partial charge in [0.05, 0.1) is 10.4 Å². The van der Waals surface area contributed by atoms with E-state index >= 15 is 0 Å². The third-order valence-corrected chi connectivity index (χ3v) is 6.21. The van der Waals surface area contributed by atoms with Gasteiger partial charge in [-0.15, -0.1) is 0 Å². The Hall–Kier alpha value is -2.12. The predicted molar refractivity (Wildman–Crippen MR) is 84.1 cm³/mol. The van der Waals surface area contributed by atoms with Gasteiger partial charge in [-0.25, -0.2) is 20.8 Å². The van der Waals surface area contributed by atoms with Crippen LogP contribution in [-0.4, -0.2) is 27.1 Å². The van der Waals surface area contributed by atoms with Crippen molar-refractivity contribution < 1.29 is 16.8 Å². The summed E-state index contributed by atoms with van der Waals surface area (Å²) >= 11 is 0. The third kappa shape index (κ3) is 2.32. The topological polar surface area (TPSA) is 73.2 Å². The van der Waals surface area contributed by atoms with Gasteiger partial charge in [-0.3, -0.25) is 0 Å². The molecule has 0 fully saturated rings. The van der Waals surface area contributed by atoms with Crippen LogP contribution < -0.4 is 0 Å². The number of rotatable bonds is 3. The monoisotopic (exact) mass is 335 g/mol. The second-order valence-electron chi connectivity index (χ2n) is 4.90. The molecule has 3 rings (SSSR count). The molecular formula is C15H13NO4S2. The lowest BCUT2D eigenvalue weighted by molar-refractivity contribution is 0.576. The Morgan fingerprint density at radius 1 is 0.818 bits per heavy atom. The highest BCUT2D eigenvalue weighted by Crippen LogP contribution is 2.28. The van der Waals surface area contributed by atoms with E-state index in [9.17, 15) is 16.8 Å². The molecular weight excluding hydrogens is 322 g/mol. The zero-order chi connectivity index (χ0) is 16.0. The molecule has 0 aliphatic heterocycles. The Balaban J connectivity index is 2.45. The normalized spacial score (nSPS) is 12.6. The lowest BCUT2D eigenvalue weighted by Gasteiger charge is -2.10. The summed E-state index contributed by atoms with van der Waals surface area (Å²) in [5, 5.41) is 0.319. The van der Waals surface area contributed by atoms with Crippen molar-refractivity contribution in [3.63, 3.8) is 0 Å². The molecule has 0 aliphatic rings. The number of fused-ring (bicyclic) bond motifs is 1. The molecule has 0 N–H and O–H groups in total. The summed E-state index contributed by atoms with van der Waals surface area (Å²) in [5.41, 5.74) is 0.340. The molecule has 0 atom stereocenters. The summed E-state index contributed by atoms with van der Waals surface area (Å²) in [6, 6.07) is 15.8. The van der Waals surface area contributed by atoms with E-state index in [1.807, 2.05) is 0 Å². The summed E-state index contributed by atoms with van der Waals surface area (Å²) in [4.78, 5) is 0.0428. The third-order valence-electron chi connectivity index (χ3n) is 3.30. The fraction of sp³-hybridized carbons (Fsp3) is 0.0667. The van der Waals surface area contributed by atoms with E-state index in [2.05, 4.69) is 0 Å². The van der Waals surface area contributed by atoms with Crippen LogP contribution in [0.2, 0.25) is 0 Å². The fourth-order valence-electron chi connectivity index (χ4n) is 2.31. The molecule has 114 valence electrons. The van der Waals surface area contributed by atoms with Crippen LogP contribution in [0.4, 0.5) is 0 Å². The van der Waals surface area contributed by atoms with Gasteiger partial charge in [0.1, 0.15) is 5.03 Å². The van der Waals surface area contributed by atoms with Gasteiger partial charge in [0, 0.05) is 11.6 Å². The Morgan fingerprint density at radius 2 is 1.41 bits per heavy atom. The molecule has 0 saturated carbocycles. The Kier molecular flexibility index (Phi) is 3.34. The van der Waals surface area contributed by atoms with Crippen molar-refractivity contribution in [2.45, 2.75) is 9.92 Å². The molecule has 0 saturated heterocycles.